The summed E-state index contributed by atoms with van der Waals surface area (Å²) < 4.78 is 91.6. The maximum atomic E-state index is 13.3. The van der Waals surface area contributed by atoms with Gasteiger partial charge >= 0.3 is 18.3 Å². The number of halogens is 6. The lowest BCUT2D eigenvalue weighted by molar-refractivity contribution is -0.148. The third kappa shape index (κ3) is 6.11. The normalized spacial score (nSPS) is 15.5. The number of rotatable bonds is 5. The van der Waals surface area contributed by atoms with E-state index in [0.717, 1.165) is 0 Å². The number of carbonyl (C=O) groups excluding carboxylic acids is 1. The second-order valence-electron chi connectivity index (χ2n) is 8.39. The average molecular weight is 523 g/mol. The van der Waals surface area contributed by atoms with E-state index in [4.69, 9.17) is 9.47 Å². The number of alkyl halides is 6. The van der Waals surface area contributed by atoms with Crippen molar-refractivity contribution in [2.75, 3.05) is 13.2 Å². The molecule has 37 heavy (non-hydrogen) atoms. The molecule has 2 aromatic heterocycles. The van der Waals surface area contributed by atoms with Crippen molar-refractivity contribution in [3.63, 3.8) is 0 Å². The number of hydrogen-bond acceptors (Lipinski definition) is 5. The van der Waals surface area contributed by atoms with Crippen molar-refractivity contribution in [1.29, 1.82) is 5.26 Å². The molecule has 0 aliphatic carbocycles. The lowest BCUT2D eigenvalue weighted by Crippen LogP contribution is -2.26. The molecule has 0 radical (unpaired) electrons. The number of hydrogen-bond donors (Lipinski definition) is 0. The lowest BCUT2D eigenvalue weighted by atomic mass is 10.0. The van der Waals surface area contributed by atoms with E-state index in [1.165, 1.54) is 23.0 Å². The summed E-state index contributed by atoms with van der Waals surface area (Å²) >= 11 is 0. The van der Waals surface area contributed by atoms with Gasteiger partial charge in [-0.25, -0.2) is 9.78 Å². The summed E-state index contributed by atoms with van der Waals surface area (Å²) in [4.78, 5) is 16.7. The Labute approximate surface area is 206 Å². The van der Waals surface area contributed by atoms with Crippen LogP contribution in [0.1, 0.15) is 35.1 Å². The molecule has 0 saturated carbocycles. The molecular weight excluding hydrogens is 504 g/mol. The van der Waals surface area contributed by atoms with Crippen molar-refractivity contribution in [2.24, 2.45) is 0 Å². The molecule has 6 nitrogen and oxygen atoms in total. The Hall–Kier alpha value is -3.85. The van der Waals surface area contributed by atoms with Crippen LogP contribution < -0.4 is 0 Å². The van der Waals surface area contributed by atoms with E-state index in [2.05, 4.69) is 4.98 Å². The first kappa shape index (κ1) is 26.2. The van der Waals surface area contributed by atoms with E-state index >= 15 is 0 Å². The summed E-state index contributed by atoms with van der Waals surface area (Å²) in [7, 11) is 0. The molecule has 0 spiro atoms. The van der Waals surface area contributed by atoms with Crippen LogP contribution in [0.5, 0.6) is 0 Å². The fourth-order valence-corrected chi connectivity index (χ4v) is 3.99. The highest BCUT2D eigenvalue weighted by atomic mass is 19.4. The summed E-state index contributed by atoms with van der Waals surface area (Å²) in [5.41, 5.74) is -2.84. The Morgan fingerprint density at radius 2 is 1.78 bits per heavy atom. The molecular formula is C25H19F6N3O3. The van der Waals surface area contributed by atoms with Crippen LogP contribution in [-0.2, 0) is 33.2 Å². The summed E-state index contributed by atoms with van der Waals surface area (Å²) in [5, 5.41) is 9.98. The van der Waals surface area contributed by atoms with Crippen LogP contribution in [0.15, 0.2) is 48.3 Å². The zero-order valence-corrected chi connectivity index (χ0v) is 19.1. The van der Waals surface area contributed by atoms with Crippen LogP contribution in [0.3, 0.4) is 0 Å². The SMILES string of the molecule is N#C/C(=C\c1cn(Cc2cc(C(F)(F)F)cc(C(F)(F)F)c2)c2ncccc12)C(=O)OC1CCOCC1. The molecule has 1 aliphatic heterocycles. The van der Waals surface area contributed by atoms with Crippen LogP contribution in [0.2, 0.25) is 0 Å². The predicted octanol–water partition coefficient (Wildman–Crippen LogP) is 5.75. The van der Waals surface area contributed by atoms with Crippen molar-refractivity contribution in [3.8, 4) is 6.07 Å². The highest BCUT2D eigenvalue weighted by molar-refractivity contribution is 6.00. The van der Waals surface area contributed by atoms with Crippen LogP contribution >= 0.6 is 0 Å². The number of nitrogens with zero attached hydrogens (tertiary/aromatic N) is 3. The number of fused-ring (bicyclic) bond motifs is 1. The standard InChI is InChI=1S/C25H19F6N3O3/c26-24(27,28)18-8-15(9-19(11-18)25(29,30)31)13-34-14-17(21-2-1-5-33-22(21)34)10-16(12-32)23(35)37-20-3-6-36-7-4-20/h1-2,5,8-11,14,20H,3-4,6-7,13H2/b16-10+. The third-order valence-corrected chi connectivity index (χ3v) is 5.75. The molecule has 194 valence electrons. The Balaban J connectivity index is 1.71. The predicted molar refractivity (Wildman–Crippen MR) is 119 cm³/mol. The molecule has 0 N–H and O–H groups in total. The van der Waals surface area contributed by atoms with Crippen molar-refractivity contribution in [1.82, 2.24) is 9.55 Å². The fourth-order valence-electron chi connectivity index (χ4n) is 3.99. The minimum atomic E-state index is -4.98. The van der Waals surface area contributed by atoms with Crippen LogP contribution in [0.4, 0.5) is 26.3 Å². The number of esters is 1. The first-order valence-electron chi connectivity index (χ1n) is 11.1. The molecule has 12 heteroatoms. The fraction of sp³-hybridized carbons (Fsp3) is 0.320. The Morgan fingerprint density at radius 1 is 1.14 bits per heavy atom. The molecule has 3 heterocycles. The number of pyridine rings is 1. The van der Waals surface area contributed by atoms with Crippen molar-refractivity contribution in [3.05, 3.63) is 70.6 Å². The van der Waals surface area contributed by atoms with Gasteiger partial charge in [0.2, 0.25) is 0 Å². The first-order chi connectivity index (χ1) is 17.5. The third-order valence-electron chi connectivity index (χ3n) is 5.75. The van der Waals surface area contributed by atoms with E-state index in [1.54, 1.807) is 18.2 Å². The summed E-state index contributed by atoms with van der Waals surface area (Å²) in [5.74, 6) is -0.841. The van der Waals surface area contributed by atoms with Gasteiger partial charge in [-0.15, -0.1) is 0 Å². The van der Waals surface area contributed by atoms with Gasteiger partial charge in [0.15, 0.2) is 0 Å². The maximum absolute atomic E-state index is 13.3. The summed E-state index contributed by atoms with van der Waals surface area (Å²) in [6, 6.07) is 6.32. The van der Waals surface area contributed by atoms with Crippen molar-refractivity contribution < 1.29 is 40.6 Å². The number of nitriles is 1. The topological polar surface area (TPSA) is 77.1 Å². The highest BCUT2D eigenvalue weighted by Crippen LogP contribution is 2.37. The second kappa shape index (κ2) is 10.3. The Bertz CT molecular complexity index is 1350. The van der Waals surface area contributed by atoms with Gasteiger partial charge in [-0.05, 0) is 42.0 Å². The monoisotopic (exact) mass is 523 g/mol. The molecule has 1 aromatic carbocycles. The van der Waals surface area contributed by atoms with Crippen molar-refractivity contribution >= 4 is 23.1 Å². The maximum Gasteiger partial charge on any atom is 0.416 e. The number of aromatic nitrogens is 2. The van der Waals surface area contributed by atoms with Gasteiger partial charge in [0.1, 0.15) is 23.4 Å². The summed E-state index contributed by atoms with van der Waals surface area (Å²) in [6.07, 6.45) is -5.30. The molecule has 4 rings (SSSR count). The quantitative estimate of drug-likeness (QED) is 0.184. The molecule has 1 fully saturated rings. The zero-order chi connectivity index (χ0) is 26.8. The largest absolute Gasteiger partial charge is 0.458 e. The number of ether oxygens (including phenoxy) is 2. The van der Waals surface area contributed by atoms with E-state index < -0.39 is 35.6 Å². The van der Waals surface area contributed by atoms with Gasteiger partial charge in [-0.3, -0.25) is 0 Å². The second-order valence-corrected chi connectivity index (χ2v) is 8.39. The van der Waals surface area contributed by atoms with Crippen LogP contribution in [-0.4, -0.2) is 34.8 Å². The van der Waals surface area contributed by atoms with Gasteiger partial charge in [-0.2, -0.15) is 31.6 Å². The molecule has 0 unspecified atom stereocenters. The van der Waals surface area contributed by atoms with E-state index in [-0.39, 0.29) is 29.4 Å². The first-order valence-corrected chi connectivity index (χ1v) is 11.1. The molecule has 0 atom stereocenters. The van der Waals surface area contributed by atoms with Crippen LogP contribution in [0, 0.1) is 11.3 Å². The van der Waals surface area contributed by atoms with Gasteiger partial charge in [0.25, 0.3) is 0 Å². The number of carbonyl (C=O) groups is 1. The summed E-state index contributed by atoms with van der Waals surface area (Å²) in [6.45, 7) is 0.478. The highest BCUT2D eigenvalue weighted by Gasteiger charge is 2.37. The molecule has 1 aliphatic rings. The smallest absolute Gasteiger partial charge is 0.416 e. The zero-order valence-electron chi connectivity index (χ0n) is 19.1. The lowest BCUT2D eigenvalue weighted by Gasteiger charge is -2.21. The molecule has 0 bridgehead atoms. The van der Waals surface area contributed by atoms with Gasteiger partial charge in [-0.1, -0.05) is 0 Å². The Morgan fingerprint density at radius 3 is 2.38 bits per heavy atom. The van der Waals surface area contributed by atoms with Gasteiger partial charge in [0.05, 0.1) is 24.3 Å². The van der Waals surface area contributed by atoms with E-state index in [0.29, 0.717) is 49.1 Å². The minimum absolute atomic E-state index is 0.0624. The molecule has 1 saturated heterocycles. The van der Waals surface area contributed by atoms with Crippen LogP contribution in [0.25, 0.3) is 17.1 Å². The van der Waals surface area contributed by atoms with Crippen molar-refractivity contribution in [2.45, 2.75) is 37.8 Å². The van der Waals surface area contributed by atoms with E-state index in [1.807, 2.05) is 0 Å². The van der Waals surface area contributed by atoms with E-state index in [9.17, 15) is 36.4 Å². The van der Waals surface area contributed by atoms with Gasteiger partial charge in [0, 0.05) is 42.7 Å². The number of benzene rings is 1. The average Bonchev–Trinajstić information content (AvgIpc) is 3.19. The van der Waals surface area contributed by atoms with Gasteiger partial charge < -0.3 is 14.0 Å². The Kier molecular flexibility index (Phi) is 7.27. The molecule has 0 amide bonds. The minimum Gasteiger partial charge on any atom is -0.458 e. The molecule has 3 aromatic rings.